The highest BCUT2D eigenvalue weighted by atomic mass is 32.2. The molecule has 4 rings (SSSR count). The fourth-order valence-corrected chi connectivity index (χ4v) is 6.95. The fraction of sp³-hybridized carbons (Fsp3) is 0.320. The molecule has 1 aliphatic rings. The number of nitrogens with zero attached hydrogens (tertiary/aromatic N) is 1. The van der Waals surface area contributed by atoms with Gasteiger partial charge in [0.1, 0.15) is 4.21 Å². The molecule has 1 saturated heterocycles. The summed E-state index contributed by atoms with van der Waals surface area (Å²) in [5, 5.41) is 2.86. The Bertz CT molecular complexity index is 1120. The monoisotopic (exact) mass is 468 g/mol. The number of hydrogen-bond donors (Lipinski definition) is 1. The van der Waals surface area contributed by atoms with Crippen molar-refractivity contribution in [2.75, 3.05) is 13.1 Å². The van der Waals surface area contributed by atoms with Gasteiger partial charge in [-0.2, -0.15) is 4.31 Å². The van der Waals surface area contributed by atoms with E-state index < -0.39 is 10.0 Å². The SMILES string of the molecule is O=C(NCc1ccc(S(=O)(=O)N2CCC(CCc3ccccc3)CC2)s1)c1ccccc1. The second-order valence-corrected chi connectivity index (χ2v) is 11.5. The maximum absolute atomic E-state index is 13.1. The van der Waals surface area contributed by atoms with Crippen LogP contribution in [0.15, 0.2) is 77.0 Å². The Labute approximate surface area is 194 Å². The maximum atomic E-state index is 13.1. The number of amides is 1. The van der Waals surface area contributed by atoms with Crippen LogP contribution in [0.3, 0.4) is 0 Å². The van der Waals surface area contributed by atoms with Crippen molar-refractivity contribution in [1.29, 1.82) is 0 Å². The molecule has 1 N–H and O–H groups in total. The number of carbonyl (C=O) groups excluding carboxylic acids is 1. The number of hydrogen-bond acceptors (Lipinski definition) is 4. The van der Waals surface area contributed by atoms with Gasteiger partial charge < -0.3 is 5.32 Å². The van der Waals surface area contributed by atoms with Crippen LogP contribution in [-0.2, 0) is 23.0 Å². The van der Waals surface area contributed by atoms with E-state index in [0.29, 0.717) is 35.3 Å². The lowest BCUT2D eigenvalue weighted by atomic mass is 9.91. The average Bonchev–Trinajstić information content (AvgIpc) is 3.33. The Kier molecular flexibility index (Phi) is 7.40. The van der Waals surface area contributed by atoms with Crippen LogP contribution in [0.2, 0.25) is 0 Å². The molecule has 32 heavy (non-hydrogen) atoms. The summed E-state index contributed by atoms with van der Waals surface area (Å²) >= 11 is 1.23. The van der Waals surface area contributed by atoms with E-state index in [1.807, 2.05) is 24.3 Å². The molecule has 168 valence electrons. The average molecular weight is 469 g/mol. The topological polar surface area (TPSA) is 66.5 Å². The van der Waals surface area contributed by atoms with Crippen molar-refractivity contribution in [1.82, 2.24) is 9.62 Å². The molecule has 0 spiro atoms. The molecule has 5 nitrogen and oxygen atoms in total. The number of nitrogens with one attached hydrogen (secondary N) is 1. The summed E-state index contributed by atoms with van der Waals surface area (Å²) in [6.45, 7) is 1.45. The molecule has 0 radical (unpaired) electrons. The van der Waals surface area contributed by atoms with E-state index >= 15 is 0 Å². The lowest BCUT2D eigenvalue weighted by molar-refractivity contribution is 0.0951. The van der Waals surface area contributed by atoms with Gasteiger partial charge in [-0.1, -0.05) is 48.5 Å². The Morgan fingerprint density at radius 1 is 0.938 bits per heavy atom. The first-order valence-corrected chi connectivity index (χ1v) is 13.2. The zero-order valence-corrected chi connectivity index (χ0v) is 19.6. The van der Waals surface area contributed by atoms with Gasteiger partial charge in [-0.25, -0.2) is 8.42 Å². The Balaban J connectivity index is 1.28. The molecular weight excluding hydrogens is 440 g/mol. The minimum Gasteiger partial charge on any atom is -0.347 e. The summed E-state index contributed by atoms with van der Waals surface area (Å²) in [4.78, 5) is 13.0. The van der Waals surface area contributed by atoms with Gasteiger partial charge in [0.05, 0.1) is 6.54 Å². The van der Waals surface area contributed by atoms with Gasteiger partial charge in [-0.05, 0) is 61.4 Å². The zero-order valence-electron chi connectivity index (χ0n) is 17.9. The quantitative estimate of drug-likeness (QED) is 0.521. The van der Waals surface area contributed by atoms with Crippen LogP contribution in [0.25, 0.3) is 0 Å². The lowest BCUT2D eigenvalue weighted by Gasteiger charge is -2.30. The lowest BCUT2D eigenvalue weighted by Crippen LogP contribution is -2.38. The second kappa shape index (κ2) is 10.4. The van der Waals surface area contributed by atoms with Gasteiger partial charge in [0.25, 0.3) is 15.9 Å². The normalized spacial score (nSPS) is 15.5. The highest BCUT2D eigenvalue weighted by Crippen LogP contribution is 2.30. The summed E-state index contributed by atoms with van der Waals surface area (Å²) in [5.41, 5.74) is 1.93. The number of piperidine rings is 1. The van der Waals surface area contributed by atoms with Crippen LogP contribution in [0.1, 0.15) is 40.1 Å². The Morgan fingerprint density at radius 2 is 1.59 bits per heavy atom. The van der Waals surface area contributed by atoms with E-state index in [4.69, 9.17) is 0 Å². The molecule has 1 aliphatic heterocycles. The van der Waals surface area contributed by atoms with Crippen molar-refractivity contribution in [3.8, 4) is 0 Å². The third-order valence-electron chi connectivity index (χ3n) is 5.95. The minimum absolute atomic E-state index is 0.166. The van der Waals surface area contributed by atoms with Crippen molar-refractivity contribution in [3.63, 3.8) is 0 Å². The van der Waals surface area contributed by atoms with Crippen molar-refractivity contribution in [3.05, 3.63) is 88.8 Å². The molecule has 0 unspecified atom stereocenters. The van der Waals surface area contributed by atoms with Gasteiger partial charge in [0, 0.05) is 23.5 Å². The molecule has 2 heterocycles. The largest absolute Gasteiger partial charge is 0.347 e. The van der Waals surface area contributed by atoms with Crippen LogP contribution in [0.5, 0.6) is 0 Å². The van der Waals surface area contributed by atoms with Crippen molar-refractivity contribution < 1.29 is 13.2 Å². The summed E-state index contributed by atoms with van der Waals surface area (Å²) in [7, 11) is -3.48. The Morgan fingerprint density at radius 3 is 2.28 bits per heavy atom. The van der Waals surface area contributed by atoms with Crippen LogP contribution in [-0.4, -0.2) is 31.7 Å². The van der Waals surface area contributed by atoms with Crippen LogP contribution in [0, 0.1) is 5.92 Å². The molecule has 3 aromatic rings. The second-order valence-electron chi connectivity index (χ2n) is 8.14. The van der Waals surface area contributed by atoms with Crippen molar-refractivity contribution in [2.24, 2.45) is 5.92 Å². The van der Waals surface area contributed by atoms with E-state index in [0.717, 1.165) is 30.6 Å². The summed E-state index contributed by atoms with van der Waals surface area (Å²) in [5.74, 6) is 0.398. The summed E-state index contributed by atoms with van der Waals surface area (Å²) < 4.78 is 28.2. The minimum atomic E-state index is -3.48. The third-order valence-corrected chi connectivity index (χ3v) is 9.40. The van der Waals surface area contributed by atoms with E-state index in [1.54, 1.807) is 28.6 Å². The van der Waals surface area contributed by atoms with Gasteiger partial charge in [0.2, 0.25) is 0 Å². The van der Waals surface area contributed by atoms with Crippen LogP contribution in [0.4, 0.5) is 0 Å². The van der Waals surface area contributed by atoms with Crippen LogP contribution < -0.4 is 5.32 Å². The Hall–Kier alpha value is -2.48. The predicted molar refractivity (Wildman–Crippen MR) is 128 cm³/mol. The molecule has 0 saturated carbocycles. The van der Waals surface area contributed by atoms with Gasteiger partial charge in [-0.3, -0.25) is 4.79 Å². The van der Waals surface area contributed by atoms with E-state index in [-0.39, 0.29) is 5.91 Å². The molecule has 0 aliphatic carbocycles. The summed E-state index contributed by atoms with van der Waals surface area (Å²) in [6, 6.07) is 22.9. The third kappa shape index (κ3) is 5.65. The number of carbonyl (C=O) groups is 1. The maximum Gasteiger partial charge on any atom is 0.252 e. The summed E-state index contributed by atoms with van der Waals surface area (Å²) in [6.07, 6.45) is 3.94. The zero-order chi connectivity index (χ0) is 22.4. The number of benzene rings is 2. The molecule has 1 aromatic heterocycles. The number of thiophene rings is 1. The van der Waals surface area contributed by atoms with E-state index in [9.17, 15) is 13.2 Å². The molecule has 0 bridgehead atoms. The molecule has 2 aromatic carbocycles. The van der Waals surface area contributed by atoms with Gasteiger partial charge >= 0.3 is 0 Å². The highest BCUT2D eigenvalue weighted by Gasteiger charge is 2.30. The van der Waals surface area contributed by atoms with E-state index in [2.05, 4.69) is 29.6 Å². The predicted octanol–water partition coefficient (Wildman–Crippen LogP) is 4.71. The smallest absolute Gasteiger partial charge is 0.252 e. The van der Waals surface area contributed by atoms with Crippen molar-refractivity contribution >= 4 is 27.3 Å². The molecule has 1 amide bonds. The molecule has 7 heteroatoms. The first-order valence-electron chi connectivity index (χ1n) is 11.0. The van der Waals surface area contributed by atoms with E-state index in [1.165, 1.54) is 16.9 Å². The van der Waals surface area contributed by atoms with Gasteiger partial charge in [0.15, 0.2) is 0 Å². The molecule has 0 atom stereocenters. The number of sulfonamides is 1. The number of rotatable bonds is 8. The van der Waals surface area contributed by atoms with Crippen molar-refractivity contribution in [2.45, 2.75) is 36.4 Å². The first-order chi connectivity index (χ1) is 15.5. The first kappa shape index (κ1) is 22.7. The number of aryl methyl sites for hydroxylation is 1. The van der Waals surface area contributed by atoms with Gasteiger partial charge in [-0.15, -0.1) is 11.3 Å². The molecule has 1 fully saturated rings. The standard InChI is InChI=1S/C25H28N2O3S2/c28-25(22-9-5-2-6-10-22)26-19-23-13-14-24(31-23)32(29,30)27-17-15-21(16-18-27)12-11-20-7-3-1-4-8-20/h1-10,13-14,21H,11-12,15-19H2,(H,26,28). The highest BCUT2D eigenvalue weighted by molar-refractivity contribution is 7.91. The fourth-order valence-electron chi connectivity index (χ4n) is 4.03. The molecular formula is C25H28N2O3S2. The van der Waals surface area contributed by atoms with Crippen LogP contribution >= 0.6 is 11.3 Å².